The molecule has 3 rings (SSSR count). The van der Waals surface area contributed by atoms with Crippen LogP contribution in [-0.2, 0) is 17.9 Å². The van der Waals surface area contributed by atoms with E-state index in [4.69, 9.17) is 9.52 Å². The van der Waals surface area contributed by atoms with Crippen LogP contribution in [0.2, 0.25) is 0 Å². The number of hydrogen-bond donors (Lipinski definition) is 3. The monoisotopic (exact) mass is 372 g/mol. The number of carbonyl (C=O) groups excluding carboxylic acids is 2. The summed E-state index contributed by atoms with van der Waals surface area (Å²) in [5, 5.41) is 14.8. The minimum atomic E-state index is -0.349. The third-order valence-electron chi connectivity index (χ3n) is 4.54. The standard InChI is InChI=1S/C19H24N4O4/c1-2-21-18(25)16-8-14(11-23(16)10-13-4-3-7-20-9-13)22-19(26)17-6-5-15(12-24)27-17/h3-7,9,14,16,24H,2,8,10-12H2,1H3,(H,21,25)(H,22,26)/t14-,16-/m0/s1. The Morgan fingerprint density at radius 3 is 2.89 bits per heavy atom. The second-order valence-electron chi connectivity index (χ2n) is 6.53. The van der Waals surface area contributed by atoms with E-state index in [0.29, 0.717) is 31.8 Å². The second kappa shape index (κ2) is 8.79. The Hall–Kier alpha value is -2.71. The summed E-state index contributed by atoms with van der Waals surface area (Å²) >= 11 is 0. The van der Waals surface area contributed by atoms with Gasteiger partial charge in [0, 0.05) is 38.1 Å². The third kappa shape index (κ3) is 4.72. The van der Waals surface area contributed by atoms with Gasteiger partial charge in [0.15, 0.2) is 5.76 Å². The molecule has 0 unspecified atom stereocenters. The highest BCUT2D eigenvalue weighted by atomic mass is 16.4. The average Bonchev–Trinajstić information content (AvgIpc) is 3.30. The number of pyridine rings is 1. The summed E-state index contributed by atoms with van der Waals surface area (Å²) in [6, 6.07) is 6.43. The van der Waals surface area contributed by atoms with Crippen LogP contribution in [0.25, 0.3) is 0 Å². The molecule has 0 spiro atoms. The molecule has 0 aromatic carbocycles. The summed E-state index contributed by atoms with van der Waals surface area (Å²) in [6.07, 6.45) is 4.01. The number of likely N-dealkylation sites (tertiary alicyclic amines) is 1. The van der Waals surface area contributed by atoms with Gasteiger partial charge >= 0.3 is 0 Å². The van der Waals surface area contributed by atoms with Gasteiger partial charge in [-0.05, 0) is 37.1 Å². The lowest BCUT2D eigenvalue weighted by Gasteiger charge is -2.23. The van der Waals surface area contributed by atoms with Gasteiger partial charge in [-0.15, -0.1) is 0 Å². The Balaban J connectivity index is 1.67. The van der Waals surface area contributed by atoms with E-state index in [1.54, 1.807) is 18.5 Å². The van der Waals surface area contributed by atoms with Gasteiger partial charge in [0.25, 0.3) is 5.91 Å². The normalized spacial score (nSPS) is 19.8. The molecule has 1 aliphatic rings. The largest absolute Gasteiger partial charge is 0.453 e. The summed E-state index contributed by atoms with van der Waals surface area (Å²) in [6.45, 7) is 3.32. The Morgan fingerprint density at radius 2 is 2.22 bits per heavy atom. The molecule has 0 radical (unpaired) electrons. The Labute approximate surface area is 157 Å². The topological polar surface area (TPSA) is 108 Å². The molecule has 0 saturated carbocycles. The fraction of sp³-hybridized carbons (Fsp3) is 0.421. The van der Waals surface area contributed by atoms with E-state index in [-0.39, 0.29) is 36.3 Å². The number of amides is 2. The van der Waals surface area contributed by atoms with E-state index in [1.807, 2.05) is 24.0 Å². The molecular formula is C19H24N4O4. The lowest BCUT2D eigenvalue weighted by atomic mass is 10.1. The Kier molecular flexibility index (Phi) is 6.20. The van der Waals surface area contributed by atoms with E-state index in [9.17, 15) is 9.59 Å². The predicted molar refractivity (Wildman–Crippen MR) is 97.6 cm³/mol. The van der Waals surface area contributed by atoms with Crippen molar-refractivity contribution in [3.63, 3.8) is 0 Å². The van der Waals surface area contributed by atoms with Crippen LogP contribution in [0, 0.1) is 0 Å². The summed E-state index contributed by atoms with van der Waals surface area (Å²) in [5.41, 5.74) is 1.01. The van der Waals surface area contributed by atoms with Crippen molar-refractivity contribution in [3.8, 4) is 0 Å². The van der Waals surface area contributed by atoms with Crippen molar-refractivity contribution in [1.29, 1.82) is 0 Å². The first-order chi connectivity index (χ1) is 13.1. The molecule has 144 valence electrons. The van der Waals surface area contributed by atoms with Gasteiger partial charge in [-0.25, -0.2) is 0 Å². The van der Waals surface area contributed by atoms with Crippen molar-refractivity contribution >= 4 is 11.8 Å². The van der Waals surface area contributed by atoms with Crippen molar-refractivity contribution in [2.24, 2.45) is 0 Å². The maximum atomic E-state index is 12.5. The Morgan fingerprint density at radius 1 is 1.37 bits per heavy atom. The molecule has 0 bridgehead atoms. The minimum Gasteiger partial charge on any atom is -0.453 e. The van der Waals surface area contributed by atoms with Crippen LogP contribution in [0.1, 0.15) is 35.2 Å². The van der Waals surface area contributed by atoms with Gasteiger partial charge in [-0.3, -0.25) is 19.5 Å². The van der Waals surface area contributed by atoms with E-state index >= 15 is 0 Å². The van der Waals surface area contributed by atoms with Gasteiger partial charge < -0.3 is 20.2 Å². The van der Waals surface area contributed by atoms with Crippen LogP contribution in [0.3, 0.4) is 0 Å². The number of aromatic nitrogens is 1. The number of aliphatic hydroxyl groups is 1. The van der Waals surface area contributed by atoms with Crippen molar-refractivity contribution in [3.05, 3.63) is 53.7 Å². The molecule has 1 aliphatic heterocycles. The maximum Gasteiger partial charge on any atom is 0.287 e. The number of hydrogen-bond acceptors (Lipinski definition) is 6. The van der Waals surface area contributed by atoms with Gasteiger partial charge in [0.05, 0.1) is 6.04 Å². The van der Waals surface area contributed by atoms with E-state index < -0.39 is 0 Å². The first-order valence-electron chi connectivity index (χ1n) is 9.01. The van der Waals surface area contributed by atoms with Crippen LogP contribution < -0.4 is 10.6 Å². The fourth-order valence-electron chi connectivity index (χ4n) is 3.32. The number of carbonyl (C=O) groups is 2. The molecule has 0 aliphatic carbocycles. The summed E-state index contributed by atoms with van der Waals surface area (Å²) in [7, 11) is 0. The molecule has 2 amide bonds. The zero-order chi connectivity index (χ0) is 19.2. The molecular weight excluding hydrogens is 348 g/mol. The molecule has 27 heavy (non-hydrogen) atoms. The van der Waals surface area contributed by atoms with E-state index in [1.165, 1.54) is 6.07 Å². The van der Waals surface area contributed by atoms with Gasteiger partial charge in [-0.1, -0.05) is 6.07 Å². The van der Waals surface area contributed by atoms with Gasteiger partial charge in [0.2, 0.25) is 5.91 Å². The SMILES string of the molecule is CCNC(=O)[C@@H]1C[C@H](NC(=O)c2ccc(CO)o2)CN1Cc1cccnc1. The van der Waals surface area contributed by atoms with Crippen molar-refractivity contribution in [2.75, 3.05) is 13.1 Å². The number of furan rings is 1. The molecule has 2 aromatic heterocycles. The Bertz CT molecular complexity index is 777. The minimum absolute atomic E-state index is 0.0429. The number of aliphatic hydroxyl groups excluding tert-OH is 1. The number of likely N-dealkylation sites (N-methyl/N-ethyl adjacent to an activating group) is 1. The molecule has 1 saturated heterocycles. The maximum absolute atomic E-state index is 12.5. The number of rotatable bonds is 7. The lowest BCUT2D eigenvalue weighted by molar-refractivity contribution is -0.125. The van der Waals surface area contributed by atoms with Crippen LogP contribution >= 0.6 is 0 Å². The second-order valence-corrected chi connectivity index (χ2v) is 6.53. The summed E-state index contributed by atoms with van der Waals surface area (Å²) in [5.74, 6) is 0.0978. The zero-order valence-electron chi connectivity index (χ0n) is 15.2. The molecule has 3 heterocycles. The first-order valence-corrected chi connectivity index (χ1v) is 9.01. The van der Waals surface area contributed by atoms with Gasteiger partial charge in [-0.2, -0.15) is 0 Å². The van der Waals surface area contributed by atoms with Crippen LogP contribution in [0.4, 0.5) is 0 Å². The average molecular weight is 372 g/mol. The molecule has 2 atom stereocenters. The first kappa shape index (κ1) is 19.1. The molecule has 8 heteroatoms. The molecule has 3 N–H and O–H groups in total. The van der Waals surface area contributed by atoms with Crippen LogP contribution in [0.5, 0.6) is 0 Å². The van der Waals surface area contributed by atoms with Crippen molar-refractivity contribution in [2.45, 2.75) is 38.6 Å². The predicted octanol–water partition coefficient (Wildman–Crippen LogP) is 0.676. The van der Waals surface area contributed by atoms with E-state index in [2.05, 4.69) is 15.6 Å². The number of nitrogens with one attached hydrogen (secondary N) is 2. The fourth-order valence-corrected chi connectivity index (χ4v) is 3.32. The smallest absolute Gasteiger partial charge is 0.287 e. The molecule has 8 nitrogen and oxygen atoms in total. The highest BCUT2D eigenvalue weighted by Gasteiger charge is 2.37. The number of nitrogens with zero attached hydrogens (tertiary/aromatic N) is 2. The third-order valence-corrected chi connectivity index (χ3v) is 4.54. The van der Waals surface area contributed by atoms with E-state index in [0.717, 1.165) is 5.56 Å². The van der Waals surface area contributed by atoms with Crippen molar-refractivity contribution in [1.82, 2.24) is 20.5 Å². The molecule has 1 fully saturated rings. The highest BCUT2D eigenvalue weighted by molar-refractivity contribution is 5.92. The van der Waals surface area contributed by atoms with Gasteiger partial charge in [0.1, 0.15) is 12.4 Å². The van der Waals surface area contributed by atoms with Crippen LogP contribution in [-0.4, -0.2) is 52.0 Å². The van der Waals surface area contributed by atoms with Crippen LogP contribution in [0.15, 0.2) is 41.1 Å². The quantitative estimate of drug-likeness (QED) is 0.660. The summed E-state index contributed by atoms with van der Waals surface area (Å²) in [4.78, 5) is 31.0. The highest BCUT2D eigenvalue weighted by Crippen LogP contribution is 2.21. The molecule has 2 aromatic rings. The zero-order valence-corrected chi connectivity index (χ0v) is 15.2. The van der Waals surface area contributed by atoms with Crippen molar-refractivity contribution < 1.29 is 19.1 Å². The summed E-state index contributed by atoms with van der Waals surface area (Å²) < 4.78 is 5.28. The lowest BCUT2D eigenvalue weighted by Crippen LogP contribution is -2.42.